The maximum atomic E-state index is 13.3. The van der Waals surface area contributed by atoms with Crippen LogP contribution in [0.2, 0.25) is 25.7 Å². The molecule has 1 aromatic carbocycles. The van der Waals surface area contributed by atoms with Crippen LogP contribution in [0.5, 0.6) is 0 Å². The normalized spacial score (nSPS) is 12.4. The number of aromatic nitrogens is 3. The van der Waals surface area contributed by atoms with Crippen molar-refractivity contribution in [2.45, 2.75) is 56.1 Å². The van der Waals surface area contributed by atoms with Crippen molar-refractivity contribution in [2.24, 2.45) is 7.05 Å². The van der Waals surface area contributed by atoms with E-state index in [2.05, 4.69) is 24.7 Å². The first-order chi connectivity index (χ1) is 15.0. The molecule has 2 aromatic heterocycles. The molecule has 2 heterocycles. The van der Waals surface area contributed by atoms with Crippen molar-refractivity contribution in [1.29, 1.82) is 0 Å². The first-order valence-corrected chi connectivity index (χ1v) is 15.8. The number of carbonyl (C=O) groups excluding carboxylic acids is 1. The Hall–Kier alpha value is -2.43. The molecule has 0 amide bonds. The van der Waals surface area contributed by atoms with E-state index in [0.29, 0.717) is 24.4 Å². The van der Waals surface area contributed by atoms with E-state index in [1.54, 1.807) is 54.5 Å². The molecule has 3 rings (SSSR count). The molecule has 0 aliphatic heterocycles. The van der Waals surface area contributed by atoms with Gasteiger partial charge in [-0.25, -0.2) is 17.9 Å². The predicted octanol–water partition coefficient (Wildman–Crippen LogP) is 4.01. The van der Waals surface area contributed by atoms with E-state index >= 15 is 0 Å². The molecule has 0 aliphatic carbocycles. The Balaban J connectivity index is 1.87. The van der Waals surface area contributed by atoms with E-state index in [-0.39, 0.29) is 22.1 Å². The Kier molecular flexibility index (Phi) is 6.96. The number of nitrogens with zero attached hydrogens (tertiary/aromatic N) is 3. The molecule has 0 unspecified atom stereocenters. The van der Waals surface area contributed by atoms with E-state index in [4.69, 9.17) is 9.47 Å². The fourth-order valence-electron chi connectivity index (χ4n) is 3.34. The minimum atomic E-state index is -3.83. The van der Waals surface area contributed by atoms with Crippen molar-refractivity contribution in [3.63, 3.8) is 0 Å². The second-order valence-corrected chi connectivity index (χ2v) is 16.5. The van der Waals surface area contributed by atoms with E-state index < -0.39 is 23.9 Å². The van der Waals surface area contributed by atoms with Crippen molar-refractivity contribution in [1.82, 2.24) is 14.3 Å². The van der Waals surface area contributed by atoms with Gasteiger partial charge in [-0.15, -0.1) is 0 Å². The van der Waals surface area contributed by atoms with Gasteiger partial charge in [0.1, 0.15) is 12.4 Å². The topological polar surface area (TPSA) is 92.4 Å². The number of hydrogen-bond acceptors (Lipinski definition) is 6. The first-order valence-electron chi connectivity index (χ1n) is 10.6. The summed E-state index contributed by atoms with van der Waals surface area (Å²) < 4.78 is 40.8. The van der Waals surface area contributed by atoms with Gasteiger partial charge in [0.15, 0.2) is 0 Å². The SMILES string of the molecule is CCOC(=O)c1cc(S(=O)(=O)c2ccc3c(cnn3COCC[Si](C)(C)C)c2)c(C)n1C. The Labute approximate surface area is 190 Å². The Bertz CT molecular complexity index is 1240. The highest BCUT2D eigenvalue weighted by Gasteiger charge is 2.27. The third-order valence-electron chi connectivity index (χ3n) is 5.40. The van der Waals surface area contributed by atoms with Crippen LogP contribution < -0.4 is 0 Å². The van der Waals surface area contributed by atoms with Gasteiger partial charge in [0.05, 0.1) is 28.1 Å². The molecule has 32 heavy (non-hydrogen) atoms. The van der Waals surface area contributed by atoms with Crippen LogP contribution in [0.1, 0.15) is 23.1 Å². The van der Waals surface area contributed by atoms with Gasteiger partial charge in [0, 0.05) is 32.8 Å². The van der Waals surface area contributed by atoms with Gasteiger partial charge >= 0.3 is 5.97 Å². The van der Waals surface area contributed by atoms with Crippen LogP contribution in [0, 0.1) is 6.92 Å². The molecule has 0 atom stereocenters. The highest BCUT2D eigenvalue weighted by Crippen LogP contribution is 2.29. The summed E-state index contributed by atoms with van der Waals surface area (Å²) in [7, 11) is -3.35. The van der Waals surface area contributed by atoms with Gasteiger partial charge in [-0.3, -0.25) is 0 Å². The third kappa shape index (κ3) is 4.97. The average Bonchev–Trinajstić information content (AvgIpc) is 3.26. The molecule has 0 bridgehead atoms. The summed E-state index contributed by atoms with van der Waals surface area (Å²) in [6.07, 6.45) is 1.64. The number of fused-ring (bicyclic) bond motifs is 1. The van der Waals surface area contributed by atoms with Crippen molar-refractivity contribution >= 4 is 34.8 Å². The molecule has 0 radical (unpaired) electrons. The number of carbonyl (C=O) groups is 1. The minimum absolute atomic E-state index is 0.0875. The van der Waals surface area contributed by atoms with Crippen molar-refractivity contribution < 1.29 is 22.7 Å². The van der Waals surface area contributed by atoms with Crippen LogP contribution >= 0.6 is 0 Å². The number of esters is 1. The van der Waals surface area contributed by atoms with E-state index in [1.165, 1.54) is 6.07 Å². The molecular formula is C22H31N3O5SSi. The molecule has 174 valence electrons. The fraction of sp³-hybridized carbons (Fsp3) is 0.455. The Morgan fingerprint density at radius 3 is 2.56 bits per heavy atom. The minimum Gasteiger partial charge on any atom is -0.461 e. The van der Waals surface area contributed by atoms with Crippen LogP contribution in [0.3, 0.4) is 0 Å². The van der Waals surface area contributed by atoms with Gasteiger partial charge in [-0.2, -0.15) is 5.10 Å². The second-order valence-electron chi connectivity index (χ2n) is 8.97. The monoisotopic (exact) mass is 477 g/mol. The zero-order valence-electron chi connectivity index (χ0n) is 19.5. The van der Waals surface area contributed by atoms with Crippen LogP contribution in [0.25, 0.3) is 10.9 Å². The second kappa shape index (κ2) is 9.20. The summed E-state index contributed by atoms with van der Waals surface area (Å²) >= 11 is 0. The molecule has 10 heteroatoms. The summed E-state index contributed by atoms with van der Waals surface area (Å²) in [5.41, 5.74) is 1.47. The number of sulfone groups is 1. The maximum Gasteiger partial charge on any atom is 0.354 e. The molecule has 0 saturated carbocycles. The lowest BCUT2D eigenvalue weighted by molar-refractivity contribution is 0.0515. The fourth-order valence-corrected chi connectivity index (χ4v) is 5.67. The van der Waals surface area contributed by atoms with E-state index in [0.717, 1.165) is 11.6 Å². The molecule has 8 nitrogen and oxygen atoms in total. The van der Waals surface area contributed by atoms with Gasteiger partial charge in [0.25, 0.3) is 0 Å². The zero-order valence-corrected chi connectivity index (χ0v) is 21.3. The van der Waals surface area contributed by atoms with Crippen LogP contribution in [0.15, 0.2) is 40.3 Å². The van der Waals surface area contributed by atoms with Crippen LogP contribution in [-0.4, -0.2) is 50.0 Å². The van der Waals surface area contributed by atoms with Crippen molar-refractivity contribution in [3.05, 3.63) is 41.9 Å². The largest absolute Gasteiger partial charge is 0.461 e. The number of ether oxygens (including phenoxy) is 2. The zero-order chi connectivity index (χ0) is 23.7. The number of rotatable bonds is 9. The van der Waals surface area contributed by atoms with Crippen molar-refractivity contribution in [3.8, 4) is 0 Å². The van der Waals surface area contributed by atoms with Crippen LogP contribution in [0.4, 0.5) is 0 Å². The Morgan fingerprint density at radius 2 is 1.91 bits per heavy atom. The lowest BCUT2D eigenvalue weighted by atomic mass is 10.2. The summed E-state index contributed by atoms with van der Waals surface area (Å²) in [6, 6.07) is 7.35. The van der Waals surface area contributed by atoms with Gasteiger partial charge in [0.2, 0.25) is 9.84 Å². The standard InChI is InChI=1S/C22H31N3O5SSi/c1-7-30-22(26)20-13-21(16(2)24(20)3)31(27,28)18-8-9-19-17(12-18)14-23-25(19)15-29-10-11-32(4,5)6/h8-9,12-14H,7,10-11,15H2,1-6H3. The first kappa shape index (κ1) is 24.2. The van der Waals surface area contributed by atoms with Gasteiger partial charge in [-0.1, -0.05) is 19.6 Å². The summed E-state index contributed by atoms with van der Waals surface area (Å²) in [4.78, 5) is 12.4. The molecule has 3 aromatic rings. The summed E-state index contributed by atoms with van der Waals surface area (Å²) in [5, 5.41) is 5.06. The van der Waals surface area contributed by atoms with Gasteiger partial charge in [-0.05, 0) is 44.2 Å². The lowest BCUT2D eigenvalue weighted by Gasteiger charge is -2.15. The predicted molar refractivity (Wildman–Crippen MR) is 125 cm³/mol. The average molecular weight is 478 g/mol. The maximum absolute atomic E-state index is 13.3. The molecule has 0 saturated heterocycles. The van der Waals surface area contributed by atoms with Gasteiger partial charge < -0.3 is 14.0 Å². The Morgan fingerprint density at radius 1 is 1.19 bits per heavy atom. The highest BCUT2D eigenvalue weighted by molar-refractivity contribution is 7.91. The summed E-state index contributed by atoms with van der Waals surface area (Å²) in [5.74, 6) is -0.551. The van der Waals surface area contributed by atoms with Crippen molar-refractivity contribution in [2.75, 3.05) is 13.2 Å². The quantitative estimate of drug-likeness (QED) is 0.263. The number of hydrogen-bond donors (Lipinski definition) is 0. The summed E-state index contributed by atoms with van der Waals surface area (Å²) in [6.45, 7) is 11.5. The molecule has 0 aliphatic rings. The number of benzene rings is 1. The molecule has 0 fully saturated rings. The van der Waals surface area contributed by atoms with Crippen LogP contribution in [-0.2, 0) is 33.1 Å². The third-order valence-corrected chi connectivity index (χ3v) is 8.97. The molecule has 0 N–H and O–H groups in total. The highest BCUT2D eigenvalue weighted by atomic mass is 32.2. The molecule has 0 spiro atoms. The smallest absolute Gasteiger partial charge is 0.354 e. The molecular weight excluding hydrogens is 446 g/mol. The van der Waals surface area contributed by atoms with E-state index in [9.17, 15) is 13.2 Å². The lowest BCUT2D eigenvalue weighted by Crippen LogP contribution is -2.22. The van der Waals surface area contributed by atoms with E-state index in [1.807, 2.05) is 0 Å².